The van der Waals surface area contributed by atoms with Gasteiger partial charge in [0.15, 0.2) is 0 Å². The molecular weight excluding hydrogens is 531 g/mol. The molecule has 0 bridgehead atoms. The molecule has 1 heterocycles. The van der Waals surface area contributed by atoms with Gasteiger partial charge in [0.2, 0.25) is 0 Å². The number of carbonyl (C=O) groups is 1. The number of rotatable bonds is 10. The molecule has 1 unspecified atom stereocenters. The third-order valence-corrected chi connectivity index (χ3v) is 6.16. The minimum absolute atomic E-state index is 0.186. The molecule has 4 rings (SSSR count). The lowest BCUT2D eigenvalue weighted by Crippen LogP contribution is -2.17. The second-order valence-electron chi connectivity index (χ2n) is 8.92. The van der Waals surface area contributed by atoms with Crippen molar-refractivity contribution < 1.29 is 18.7 Å². The fraction of sp³-hybridized carbons (Fsp3) is 0.194. The van der Waals surface area contributed by atoms with Crippen molar-refractivity contribution in [3.63, 3.8) is 0 Å². The zero-order chi connectivity index (χ0) is 28.3. The van der Waals surface area contributed by atoms with E-state index < -0.39 is 12.2 Å². The van der Waals surface area contributed by atoms with Crippen LogP contribution in [0.3, 0.4) is 0 Å². The molecule has 204 valence electrons. The number of unbranched alkanes of at least 4 members (excludes halogenated alkanes) is 1. The Morgan fingerprint density at radius 1 is 1.12 bits per heavy atom. The molecule has 0 saturated carbocycles. The minimum Gasteiger partial charge on any atom is -0.487 e. The molecule has 0 radical (unpaired) electrons. The first-order valence-electron chi connectivity index (χ1n) is 12.7. The number of nitrogens with zero attached hydrogens (tertiary/aromatic N) is 2. The topological polar surface area (TPSA) is 99.4 Å². The Hall–Kier alpha value is -4.61. The number of hydrogen-bond donors (Lipinski definition) is 2. The second kappa shape index (κ2) is 14.0. The van der Waals surface area contributed by atoms with Gasteiger partial charge in [0, 0.05) is 17.4 Å². The molecule has 0 aliphatic heterocycles. The van der Waals surface area contributed by atoms with Crippen LogP contribution in [0.1, 0.15) is 54.5 Å². The molecular formula is C31H28ClFN4O3. The number of amides is 1. The highest BCUT2D eigenvalue weighted by molar-refractivity contribution is 6.32. The largest absolute Gasteiger partial charge is 0.487 e. The summed E-state index contributed by atoms with van der Waals surface area (Å²) >= 11 is 6.44. The summed E-state index contributed by atoms with van der Waals surface area (Å²) in [5, 5.41) is 3.60. The van der Waals surface area contributed by atoms with Crippen LogP contribution >= 0.6 is 11.6 Å². The van der Waals surface area contributed by atoms with E-state index >= 15 is 0 Å². The Kier molecular flexibility index (Phi) is 9.92. The lowest BCUT2D eigenvalue weighted by atomic mass is 10.0. The summed E-state index contributed by atoms with van der Waals surface area (Å²) < 4.78 is 24.5. The zero-order valence-electron chi connectivity index (χ0n) is 21.9. The van der Waals surface area contributed by atoms with Gasteiger partial charge in [0.05, 0.1) is 10.6 Å². The predicted molar refractivity (Wildman–Crippen MR) is 153 cm³/mol. The van der Waals surface area contributed by atoms with Gasteiger partial charge in [0.25, 0.3) is 0 Å². The van der Waals surface area contributed by atoms with Crippen LogP contribution in [-0.2, 0) is 11.3 Å². The van der Waals surface area contributed by atoms with Gasteiger partial charge < -0.3 is 20.5 Å². The van der Waals surface area contributed by atoms with Gasteiger partial charge in [-0.25, -0.2) is 19.2 Å². The highest BCUT2D eigenvalue weighted by atomic mass is 35.5. The molecule has 0 fully saturated rings. The van der Waals surface area contributed by atoms with Crippen molar-refractivity contribution in [2.45, 2.75) is 38.9 Å². The average molecular weight is 559 g/mol. The Bertz CT molecular complexity index is 1540. The molecule has 9 heteroatoms. The molecule has 0 saturated heterocycles. The highest BCUT2D eigenvalue weighted by Gasteiger charge is 2.15. The number of nitrogens with one attached hydrogen (secondary N) is 1. The van der Waals surface area contributed by atoms with E-state index in [2.05, 4.69) is 34.0 Å². The van der Waals surface area contributed by atoms with Crippen LogP contribution in [0.5, 0.6) is 5.75 Å². The fourth-order valence-electron chi connectivity index (χ4n) is 3.92. The van der Waals surface area contributed by atoms with Crippen LogP contribution in [0.25, 0.3) is 0 Å². The van der Waals surface area contributed by atoms with Gasteiger partial charge >= 0.3 is 6.09 Å². The normalized spacial score (nSPS) is 11.2. The maximum atomic E-state index is 13.4. The number of halogens is 2. The van der Waals surface area contributed by atoms with Gasteiger partial charge in [-0.15, -0.1) is 0 Å². The standard InChI is InChI=1S/C31H28ClFN4O3/c1-2-3-10-28(40-31(34)38)23-8-4-6-21(15-23)11-12-24-18-35-20-36-30(24)37-26-13-14-29(27(32)17-26)39-19-22-7-5-9-25(33)16-22/h4-9,13-18,20,28H,2-3,10,19H2,1H3,(H2,34,38)(H,35,36,37). The summed E-state index contributed by atoms with van der Waals surface area (Å²) in [6, 6.07) is 18.9. The van der Waals surface area contributed by atoms with E-state index in [1.807, 2.05) is 24.3 Å². The predicted octanol–water partition coefficient (Wildman–Crippen LogP) is 7.32. The van der Waals surface area contributed by atoms with Crippen molar-refractivity contribution in [2.24, 2.45) is 5.73 Å². The van der Waals surface area contributed by atoms with Crippen molar-refractivity contribution in [1.29, 1.82) is 0 Å². The second-order valence-corrected chi connectivity index (χ2v) is 9.32. The van der Waals surface area contributed by atoms with Crippen molar-refractivity contribution in [3.8, 4) is 17.6 Å². The number of anilines is 2. The van der Waals surface area contributed by atoms with E-state index in [4.69, 9.17) is 26.8 Å². The number of primary amides is 1. The summed E-state index contributed by atoms with van der Waals surface area (Å²) in [6.07, 6.45) is 4.35. The van der Waals surface area contributed by atoms with Gasteiger partial charge in [-0.3, -0.25) is 0 Å². The Morgan fingerprint density at radius 3 is 2.75 bits per heavy atom. The third-order valence-electron chi connectivity index (χ3n) is 5.87. The monoisotopic (exact) mass is 558 g/mol. The number of carbonyl (C=O) groups excluding carboxylic acids is 1. The first kappa shape index (κ1) is 28.4. The van der Waals surface area contributed by atoms with E-state index in [0.29, 0.717) is 39.8 Å². The van der Waals surface area contributed by atoms with Gasteiger partial charge in [-0.2, -0.15) is 0 Å². The molecule has 0 aliphatic carbocycles. The summed E-state index contributed by atoms with van der Waals surface area (Å²) in [5.74, 6) is 6.89. The van der Waals surface area contributed by atoms with Gasteiger partial charge in [-0.1, -0.05) is 61.1 Å². The van der Waals surface area contributed by atoms with E-state index in [0.717, 1.165) is 24.0 Å². The number of benzene rings is 3. The van der Waals surface area contributed by atoms with E-state index in [-0.39, 0.29) is 12.4 Å². The lowest BCUT2D eigenvalue weighted by Gasteiger charge is -2.17. The maximum absolute atomic E-state index is 13.4. The van der Waals surface area contributed by atoms with Gasteiger partial charge in [-0.05, 0) is 66.4 Å². The smallest absolute Gasteiger partial charge is 0.405 e. The Morgan fingerprint density at radius 2 is 1.98 bits per heavy atom. The van der Waals surface area contributed by atoms with E-state index in [1.165, 1.54) is 18.5 Å². The molecule has 1 aromatic heterocycles. The first-order chi connectivity index (χ1) is 19.4. The number of nitrogens with two attached hydrogens (primary N) is 1. The Labute approximate surface area is 237 Å². The quantitative estimate of drug-likeness (QED) is 0.198. The fourth-order valence-corrected chi connectivity index (χ4v) is 4.16. The summed E-state index contributed by atoms with van der Waals surface area (Å²) in [4.78, 5) is 19.8. The molecule has 4 aromatic rings. The number of ether oxygens (including phenoxy) is 2. The molecule has 3 aromatic carbocycles. The molecule has 1 atom stereocenters. The first-order valence-corrected chi connectivity index (χ1v) is 13.1. The lowest BCUT2D eigenvalue weighted by molar-refractivity contribution is 0.0997. The molecule has 1 amide bonds. The summed E-state index contributed by atoms with van der Waals surface area (Å²) in [6.45, 7) is 2.26. The minimum atomic E-state index is -0.805. The number of hydrogen-bond acceptors (Lipinski definition) is 6. The van der Waals surface area contributed by atoms with Crippen LogP contribution in [0.15, 0.2) is 79.3 Å². The molecule has 0 aliphatic rings. The van der Waals surface area contributed by atoms with Gasteiger partial charge in [0.1, 0.15) is 36.4 Å². The molecule has 40 heavy (non-hydrogen) atoms. The van der Waals surface area contributed by atoms with Crippen LogP contribution in [0.2, 0.25) is 5.02 Å². The summed E-state index contributed by atoms with van der Waals surface area (Å²) in [5.41, 5.74) is 8.80. The van der Waals surface area contributed by atoms with Crippen molar-refractivity contribution >= 4 is 29.2 Å². The molecule has 3 N–H and O–H groups in total. The van der Waals surface area contributed by atoms with E-state index in [1.54, 1.807) is 36.5 Å². The van der Waals surface area contributed by atoms with Crippen molar-refractivity contribution in [3.05, 3.63) is 112 Å². The highest BCUT2D eigenvalue weighted by Crippen LogP contribution is 2.30. The van der Waals surface area contributed by atoms with Crippen LogP contribution in [-0.4, -0.2) is 16.1 Å². The number of aromatic nitrogens is 2. The maximum Gasteiger partial charge on any atom is 0.405 e. The Balaban J connectivity index is 1.48. The SMILES string of the molecule is CCCCC(OC(N)=O)c1cccc(C#Cc2cncnc2Nc2ccc(OCc3cccc(F)c3)c(Cl)c2)c1. The summed E-state index contributed by atoms with van der Waals surface area (Å²) in [7, 11) is 0. The van der Waals surface area contributed by atoms with Crippen molar-refractivity contribution in [1.82, 2.24) is 9.97 Å². The average Bonchev–Trinajstić information content (AvgIpc) is 2.94. The van der Waals surface area contributed by atoms with Crippen LogP contribution < -0.4 is 15.8 Å². The van der Waals surface area contributed by atoms with Crippen LogP contribution in [0.4, 0.5) is 20.7 Å². The van der Waals surface area contributed by atoms with E-state index in [9.17, 15) is 9.18 Å². The van der Waals surface area contributed by atoms with Crippen LogP contribution in [0, 0.1) is 17.7 Å². The molecule has 0 spiro atoms. The zero-order valence-corrected chi connectivity index (χ0v) is 22.6. The molecule has 7 nitrogen and oxygen atoms in total. The van der Waals surface area contributed by atoms with Crippen molar-refractivity contribution in [2.75, 3.05) is 5.32 Å². The third kappa shape index (κ3) is 8.19.